The average Bonchev–Trinajstić information content (AvgIpc) is 3.24. The molecule has 1 fully saturated rings. The van der Waals surface area contributed by atoms with E-state index in [1.165, 1.54) is 25.7 Å². The lowest BCUT2D eigenvalue weighted by Gasteiger charge is -2.16. The predicted molar refractivity (Wildman–Crippen MR) is 86.6 cm³/mol. The molecular weight excluding hydrogens is 264 g/mol. The summed E-state index contributed by atoms with van der Waals surface area (Å²) in [4.78, 5) is 9.00. The smallest absolute Gasteiger partial charge is 0.158 e. The van der Waals surface area contributed by atoms with Gasteiger partial charge in [-0.15, -0.1) is 0 Å². The average molecular weight is 292 g/mol. The van der Waals surface area contributed by atoms with Crippen LogP contribution in [0.5, 0.6) is 0 Å². The Morgan fingerprint density at radius 3 is 2.43 bits per heavy atom. The Hall–Kier alpha value is -1.36. The molecule has 1 aliphatic rings. The molecule has 1 aliphatic carbocycles. The summed E-state index contributed by atoms with van der Waals surface area (Å²) in [5.74, 6) is 2.50. The number of ether oxygens (including phenoxy) is 1. The molecule has 1 aromatic rings. The Kier molecular flexibility index (Phi) is 5.79. The zero-order valence-corrected chi connectivity index (χ0v) is 13.5. The first-order valence-corrected chi connectivity index (χ1v) is 8.06. The second-order valence-electron chi connectivity index (χ2n) is 6.02. The highest BCUT2D eigenvalue weighted by Gasteiger charge is 2.41. The molecule has 118 valence electrons. The van der Waals surface area contributed by atoms with E-state index in [4.69, 9.17) is 4.74 Å². The van der Waals surface area contributed by atoms with E-state index in [0.29, 0.717) is 12.0 Å². The third-order valence-corrected chi connectivity index (χ3v) is 3.98. The Labute approximate surface area is 127 Å². The van der Waals surface area contributed by atoms with Gasteiger partial charge in [0.15, 0.2) is 5.82 Å². The number of nitrogens with one attached hydrogen (secondary N) is 2. The Balaban J connectivity index is 2.01. The summed E-state index contributed by atoms with van der Waals surface area (Å²) < 4.78 is 5.16. The lowest BCUT2D eigenvalue weighted by molar-refractivity contribution is 0.178. The lowest BCUT2D eigenvalue weighted by Crippen LogP contribution is -2.17. The van der Waals surface area contributed by atoms with Gasteiger partial charge in [-0.3, -0.25) is 0 Å². The van der Waals surface area contributed by atoms with E-state index in [9.17, 15) is 0 Å². The summed E-state index contributed by atoms with van der Waals surface area (Å²) in [5, 5.41) is 6.83. The van der Waals surface area contributed by atoms with E-state index in [1.807, 2.05) is 6.07 Å². The number of hydrogen-bond acceptors (Lipinski definition) is 5. The van der Waals surface area contributed by atoms with Crippen molar-refractivity contribution in [3.05, 3.63) is 11.9 Å². The fourth-order valence-corrected chi connectivity index (χ4v) is 2.63. The number of rotatable bonds is 10. The molecular formula is C16H28N4O. The van der Waals surface area contributed by atoms with E-state index >= 15 is 0 Å². The molecule has 0 saturated heterocycles. The summed E-state index contributed by atoms with van der Waals surface area (Å²) in [5.41, 5.74) is 0.512. The quantitative estimate of drug-likeness (QED) is 0.692. The maximum Gasteiger partial charge on any atom is 0.158 e. The van der Waals surface area contributed by atoms with Crippen molar-refractivity contribution < 1.29 is 4.74 Å². The van der Waals surface area contributed by atoms with Crippen molar-refractivity contribution in [2.75, 3.05) is 30.8 Å². The second-order valence-corrected chi connectivity index (χ2v) is 6.02. The van der Waals surface area contributed by atoms with Crippen LogP contribution in [0, 0.1) is 5.41 Å². The van der Waals surface area contributed by atoms with Gasteiger partial charge >= 0.3 is 0 Å². The van der Waals surface area contributed by atoms with E-state index in [0.717, 1.165) is 37.0 Å². The molecule has 0 amide bonds. The normalized spacial score (nSPS) is 15.8. The third kappa shape index (κ3) is 4.84. The Morgan fingerprint density at radius 1 is 1.14 bits per heavy atom. The predicted octanol–water partition coefficient (Wildman–Crippen LogP) is 3.44. The fourth-order valence-electron chi connectivity index (χ4n) is 2.63. The minimum Gasteiger partial charge on any atom is -0.377 e. The van der Waals surface area contributed by atoms with Crippen molar-refractivity contribution in [3.8, 4) is 0 Å². The van der Waals surface area contributed by atoms with Crippen LogP contribution in [0.3, 0.4) is 0 Å². The second kappa shape index (κ2) is 7.59. The van der Waals surface area contributed by atoms with Crippen LogP contribution in [0.4, 0.5) is 11.6 Å². The van der Waals surface area contributed by atoms with Crippen LogP contribution < -0.4 is 10.6 Å². The molecule has 5 nitrogen and oxygen atoms in total. The van der Waals surface area contributed by atoms with Crippen LogP contribution in [-0.2, 0) is 11.3 Å². The molecule has 0 aliphatic heterocycles. The van der Waals surface area contributed by atoms with Crippen molar-refractivity contribution >= 4 is 11.6 Å². The number of hydrogen-bond donors (Lipinski definition) is 2. The molecule has 0 bridgehead atoms. The maximum atomic E-state index is 5.16. The van der Waals surface area contributed by atoms with Crippen LogP contribution in [0.1, 0.15) is 51.8 Å². The molecule has 2 rings (SSSR count). The van der Waals surface area contributed by atoms with Gasteiger partial charge in [0.25, 0.3) is 0 Å². The molecule has 1 saturated carbocycles. The lowest BCUT2D eigenvalue weighted by atomic mass is 10.0. The standard InChI is InChI=1S/C16H28N4O/c1-4-6-16(7-8-16)12-18-14-10-13(17-9-5-2)19-15(20-14)11-21-3/h10H,4-9,11-12H2,1-3H3,(H2,17,18,19,20). The highest BCUT2D eigenvalue weighted by Crippen LogP contribution is 2.49. The summed E-state index contributed by atoms with van der Waals surface area (Å²) in [6.45, 7) is 6.77. The number of aromatic nitrogens is 2. The van der Waals surface area contributed by atoms with Gasteiger partial charge in [0.1, 0.15) is 18.2 Å². The van der Waals surface area contributed by atoms with E-state index in [-0.39, 0.29) is 0 Å². The van der Waals surface area contributed by atoms with Gasteiger partial charge in [0.2, 0.25) is 0 Å². The summed E-state index contributed by atoms with van der Waals surface area (Å²) in [6.07, 6.45) is 6.31. The first kappa shape index (κ1) is 16.0. The van der Waals surface area contributed by atoms with Crippen LogP contribution in [0.2, 0.25) is 0 Å². The molecule has 5 heteroatoms. The monoisotopic (exact) mass is 292 g/mol. The van der Waals surface area contributed by atoms with Crippen LogP contribution in [-0.4, -0.2) is 30.2 Å². The zero-order chi connectivity index (χ0) is 15.1. The molecule has 0 atom stereocenters. The van der Waals surface area contributed by atoms with Crippen molar-refractivity contribution in [2.45, 2.75) is 52.6 Å². The molecule has 2 N–H and O–H groups in total. The van der Waals surface area contributed by atoms with E-state index in [2.05, 4.69) is 34.4 Å². The summed E-state index contributed by atoms with van der Waals surface area (Å²) >= 11 is 0. The van der Waals surface area contributed by atoms with Crippen molar-refractivity contribution in [2.24, 2.45) is 5.41 Å². The van der Waals surface area contributed by atoms with Gasteiger partial charge in [0.05, 0.1) is 0 Å². The van der Waals surface area contributed by atoms with Gasteiger partial charge < -0.3 is 15.4 Å². The maximum absolute atomic E-state index is 5.16. The summed E-state index contributed by atoms with van der Waals surface area (Å²) in [7, 11) is 1.67. The topological polar surface area (TPSA) is 59.1 Å². The van der Waals surface area contributed by atoms with Gasteiger partial charge in [-0.05, 0) is 31.1 Å². The highest BCUT2D eigenvalue weighted by atomic mass is 16.5. The first-order valence-electron chi connectivity index (χ1n) is 8.06. The van der Waals surface area contributed by atoms with Gasteiger partial charge in [-0.25, -0.2) is 9.97 Å². The SMILES string of the molecule is CCCNc1cc(NCC2(CCC)CC2)nc(COC)n1. The van der Waals surface area contributed by atoms with Gasteiger partial charge in [-0.2, -0.15) is 0 Å². The molecule has 0 aromatic carbocycles. The van der Waals surface area contributed by atoms with Crippen LogP contribution in [0.25, 0.3) is 0 Å². The fraction of sp³-hybridized carbons (Fsp3) is 0.750. The molecule has 0 unspecified atom stereocenters. The van der Waals surface area contributed by atoms with Crippen molar-refractivity contribution in [1.29, 1.82) is 0 Å². The summed E-state index contributed by atoms with van der Waals surface area (Å²) in [6, 6.07) is 2.00. The van der Waals surface area contributed by atoms with Crippen molar-refractivity contribution in [1.82, 2.24) is 9.97 Å². The molecule has 0 radical (unpaired) electrons. The van der Waals surface area contributed by atoms with Crippen molar-refractivity contribution in [3.63, 3.8) is 0 Å². The number of nitrogens with zero attached hydrogens (tertiary/aromatic N) is 2. The van der Waals surface area contributed by atoms with E-state index in [1.54, 1.807) is 7.11 Å². The first-order chi connectivity index (χ1) is 10.2. The van der Waals surface area contributed by atoms with Crippen LogP contribution in [0.15, 0.2) is 6.07 Å². The van der Waals surface area contributed by atoms with Gasteiger partial charge in [-0.1, -0.05) is 20.3 Å². The van der Waals surface area contributed by atoms with Crippen LogP contribution >= 0.6 is 0 Å². The molecule has 0 spiro atoms. The number of anilines is 2. The zero-order valence-electron chi connectivity index (χ0n) is 13.5. The number of methoxy groups -OCH3 is 1. The largest absolute Gasteiger partial charge is 0.377 e. The highest BCUT2D eigenvalue weighted by molar-refractivity contribution is 5.47. The minimum atomic E-state index is 0.441. The van der Waals surface area contributed by atoms with E-state index < -0.39 is 0 Å². The molecule has 1 heterocycles. The van der Waals surface area contributed by atoms with Gasteiger partial charge in [0, 0.05) is 26.3 Å². The minimum absolute atomic E-state index is 0.441. The molecule has 21 heavy (non-hydrogen) atoms. The third-order valence-electron chi connectivity index (χ3n) is 3.98. The molecule has 1 aromatic heterocycles. The Morgan fingerprint density at radius 2 is 1.86 bits per heavy atom. The Bertz CT molecular complexity index is 446.